The molecule has 4 heteroatoms. The summed E-state index contributed by atoms with van der Waals surface area (Å²) in [5.41, 5.74) is -0.0668. The standard InChI is InChI=1S/C16H15NO3/c1-16(2,11-17)14(12-7-4-3-5-8-12)20-15(18)13-9-6-10-19-13/h3-10,14H,1-2H3/t14-/m1/s1. The zero-order valence-electron chi connectivity index (χ0n) is 11.4. The summed E-state index contributed by atoms with van der Waals surface area (Å²) in [6, 6.07) is 14.6. The minimum atomic E-state index is -0.844. The molecule has 102 valence electrons. The van der Waals surface area contributed by atoms with Gasteiger partial charge < -0.3 is 9.15 Å². The number of ether oxygens (including phenoxy) is 1. The van der Waals surface area contributed by atoms with E-state index in [0.717, 1.165) is 5.56 Å². The van der Waals surface area contributed by atoms with Gasteiger partial charge in [-0.1, -0.05) is 30.3 Å². The topological polar surface area (TPSA) is 63.2 Å². The van der Waals surface area contributed by atoms with E-state index in [4.69, 9.17) is 9.15 Å². The van der Waals surface area contributed by atoms with Crippen LogP contribution in [-0.4, -0.2) is 5.97 Å². The highest BCUT2D eigenvalue weighted by Gasteiger charge is 2.35. The zero-order valence-corrected chi connectivity index (χ0v) is 11.4. The second-order valence-electron chi connectivity index (χ2n) is 5.01. The fourth-order valence-electron chi connectivity index (χ4n) is 1.88. The average molecular weight is 269 g/mol. The Morgan fingerprint density at radius 1 is 1.25 bits per heavy atom. The molecule has 0 saturated carbocycles. The molecule has 0 radical (unpaired) electrons. The number of rotatable bonds is 4. The number of furan rings is 1. The molecule has 0 unspecified atom stereocenters. The van der Waals surface area contributed by atoms with E-state index in [9.17, 15) is 10.1 Å². The van der Waals surface area contributed by atoms with Gasteiger partial charge in [0.1, 0.15) is 6.10 Å². The third-order valence-electron chi connectivity index (χ3n) is 2.99. The fraction of sp³-hybridized carbons (Fsp3) is 0.250. The third-order valence-corrected chi connectivity index (χ3v) is 2.99. The summed E-state index contributed by atoms with van der Waals surface area (Å²) in [6.45, 7) is 3.47. The van der Waals surface area contributed by atoms with Gasteiger partial charge in [-0.15, -0.1) is 0 Å². The maximum Gasteiger partial charge on any atom is 0.374 e. The van der Waals surface area contributed by atoms with E-state index in [1.54, 1.807) is 19.9 Å². The SMILES string of the molecule is CC(C)(C#N)[C@H](OC(=O)c1ccco1)c1ccccc1. The predicted molar refractivity (Wildman–Crippen MR) is 72.7 cm³/mol. The van der Waals surface area contributed by atoms with Gasteiger partial charge in [0.2, 0.25) is 5.76 Å². The van der Waals surface area contributed by atoms with Crippen LogP contribution in [0.4, 0.5) is 0 Å². The Bertz CT molecular complexity index is 609. The van der Waals surface area contributed by atoms with Gasteiger partial charge in [-0.05, 0) is 31.5 Å². The summed E-state index contributed by atoms with van der Waals surface area (Å²) in [7, 11) is 0. The van der Waals surface area contributed by atoms with Crippen molar-refractivity contribution < 1.29 is 13.9 Å². The lowest BCUT2D eigenvalue weighted by atomic mass is 9.84. The zero-order chi connectivity index (χ0) is 14.6. The Labute approximate surface area is 117 Å². The van der Waals surface area contributed by atoms with Crippen LogP contribution in [-0.2, 0) is 4.74 Å². The Hall–Kier alpha value is -2.54. The van der Waals surface area contributed by atoms with Crippen LogP contribution in [0.2, 0.25) is 0 Å². The van der Waals surface area contributed by atoms with E-state index in [-0.39, 0.29) is 5.76 Å². The number of nitrogens with zero attached hydrogens (tertiary/aromatic N) is 1. The van der Waals surface area contributed by atoms with E-state index in [2.05, 4.69) is 6.07 Å². The van der Waals surface area contributed by atoms with Crippen molar-refractivity contribution in [3.8, 4) is 6.07 Å². The molecule has 0 amide bonds. The van der Waals surface area contributed by atoms with Gasteiger partial charge in [-0.2, -0.15) is 5.26 Å². The van der Waals surface area contributed by atoms with E-state index in [1.165, 1.54) is 12.3 Å². The molecule has 0 bridgehead atoms. The quantitative estimate of drug-likeness (QED) is 0.793. The van der Waals surface area contributed by atoms with Crippen molar-refractivity contribution in [3.05, 3.63) is 60.1 Å². The number of nitriles is 1. The molecular formula is C16H15NO3. The van der Waals surface area contributed by atoms with Crippen molar-refractivity contribution in [1.82, 2.24) is 0 Å². The highest BCUT2D eigenvalue weighted by atomic mass is 16.6. The van der Waals surface area contributed by atoms with Gasteiger partial charge in [0, 0.05) is 0 Å². The first-order valence-corrected chi connectivity index (χ1v) is 6.25. The van der Waals surface area contributed by atoms with Crippen molar-refractivity contribution in [3.63, 3.8) is 0 Å². The molecule has 4 nitrogen and oxygen atoms in total. The third kappa shape index (κ3) is 2.89. The molecule has 2 aromatic rings. The normalized spacial score (nSPS) is 12.4. The van der Waals surface area contributed by atoms with Gasteiger partial charge in [-0.3, -0.25) is 0 Å². The lowest BCUT2D eigenvalue weighted by Crippen LogP contribution is -2.25. The summed E-state index contributed by atoms with van der Waals surface area (Å²) in [6.07, 6.45) is 0.745. The Morgan fingerprint density at radius 3 is 2.50 bits per heavy atom. The van der Waals surface area contributed by atoms with Crippen LogP contribution in [0.1, 0.15) is 36.1 Å². The van der Waals surface area contributed by atoms with Crippen LogP contribution in [0, 0.1) is 16.7 Å². The average Bonchev–Trinajstić information content (AvgIpc) is 2.99. The van der Waals surface area contributed by atoms with Crippen LogP contribution in [0.3, 0.4) is 0 Å². The smallest absolute Gasteiger partial charge is 0.374 e. The minimum Gasteiger partial charge on any atom is -0.457 e. The first-order chi connectivity index (χ1) is 9.54. The molecule has 0 N–H and O–H groups in total. The fourth-order valence-corrected chi connectivity index (χ4v) is 1.88. The van der Waals surface area contributed by atoms with Crippen LogP contribution in [0.5, 0.6) is 0 Å². The van der Waals surface area contributed by atoms with Crippen molar-refractivity contribution >= 4 is 5.97 Å². The van der Waals surface area contributed by atoms with Crippen molar-refractivity contribution in [2.45, 2.75) is 20.0 Å². The van der Waals surface area contributed by atoms with Crippen LogP contribution < -0.4 is 0 Å². The van der Waals surface area contributed by atoms with Crippen LogP contribution >= 0.6 is 0 Å². The largest absolute Gasteiger partial charge is 0.457 e. The molecule has 1 aromatic heterocycles. The maximum atomic E-state index is 12.0. The van der Waals surface area contributed by atoms with E-state index in [1.807, 2.05) is 30.3 Å². The van der Waals surface area contributed by atoms with Gasteiger partial charge in [0.15, 0.2) is 0 Å². The molecule has 1 aromatic carbocycles. The van der Waals surface area contributed by atoms with E-state index in [0.29, 0.717) is 0 Å². The number of carbonyl (C=O) groups is 1. The second kappa shape index (κ2) is 5.62. The van der Waals surface area contributed by atoms with Gasteiger partial charge in [0.05, 0.1) is 17.7 Å². The number of esters is 1. The lowest BCUT2D eigenvalue weighted by molar-refractivity contribution is 0.00202. The molecule has 0 aliphatic heterocycles. The first-order valence-electron chi connectivity index (χ1n) is 6.25. The first kappa shape index (κ1) is 13.9. The molecule has 0 aliphatic carbocycles. The Kier molecular flexibility index (Phi) is 3.90. The molecule has 0 spiro atoms. The molecule has 0 aliphatic rings. The molecular weight excluding hydrogens is 254 g/mol. The Balaban J connectivity index is 2.29. The van der Waals surface area contributed by atoms with Crippen LogP contribution in [0.25, 0.3) is 0 Å². The number of hydrogen-bond acceptors (Lipinski definition) is 4. The van der Waals surface area contributed by atoms with Crippen molar-refractivity contribution in [2.24, 2.45) is 5.41 Å². The molecule has 0 saturated heterocycles. The molecule has 1 heterocycles. The summed E-state index contributed by atoms with van der Waals surface area (Å²) in [5.74, 6) is -0.452. The lowest BCUT2D eigenvalue weighted by Gasteiger charge is -2.27. The molecule has 20 heavy (non-hydrogen) atoms. The highest BCUT2D eigenvalue weighted by Crippen LogP contribution is 2.36. The Morgan fingerprint density at radius 2 is 1.95 bits per heavy atom. The summed E-state index contributed by atoms with van der Waals surface area (Å²) in [4.78, 5) is 12.0. The maximum absolute atomic E-state index is 12.0. The second-order valence-corrected chi connectivity index (χ2v) is 5.01. The molecule has 1 atom stereocenters. The molecule has 2 rings (SSSR count). The van der Waals surface area contributed by atoms with Crippen LogP contribution in [0.15, 0.2) is 53.1 Å². The summed E-state index contributed by atoms with van der Waals surface area (Å²) >= 11 is 0. The number of benzene rings is 1. The monoisotopic (exact) mass is 269 g/mol. The minimum absolute atomic E-state index is 0.125. The summed E-state index contributed by atoms with van der Waals surface area (Å²) < 4.78 is 10.5. The van der Waals surface area contributed by atoms with E-state index < -0.39 is 17.5 Å². The number of carbonyl (C=O) groups excluding carboxylic acids is 1. The van der Waals surface area contributed by atoms with Gasteiger partial charge >= 0.3 is 5.97 Å². The summed E-state index contributed by atoms with van der Waals surface area (Å²) in [5, 5.41) is 9.30. The number of hydrogen-bond donors (Lipinski definition) is 0. The van der Waals surface area contributed by atoms with Crippen molar-refractivity contribution in [2.75, 3.05) is 0 Å². The van der Waals surface area contributed by atoms with Gasteiger partial charge in [-0.25, -0.2) is 4.79 Å². The van der Waals surface area contributed by atoms with Crippen molar-refractivity contribution in [1.29, 1.82) is 5.26 Å². The predicted octanol–water partition coefficient (Wildman–Crippen LogP) is 3.73. The molecule has 0 fully saturated rings. The van der Waals surface area contributed by atoms with Gasteiger partial charge in [0.25, 0.3) is 0 Å². The highest BCUT2D eigenvalue weighted by molar-refractivity contribution is 5.86. The van der Waals surface area contributed by atoms with E-state index >= 15 is 0 Å².